The van der Waals surface area contributed by atoms with Crippen molar-refractivity contribution in [3.63, 3.8) is 0 Å². The monoisotopic (exact) mass is 438 g/mol. The van der Waals surface area contributed by atoms with Crippen LogP contribution in [0.2, 0.25) is 0 Å². The van der Waals surface area contributed by atoms with Gasteiger partial charge in [-0.3, -0.25) is 10.1 Å². The zero-order valence-electron chi connectivity index (χ0n) is 19.1. The summed E-state index contributed by atoms with van der Waals surface area (Å²) in [7, 11) is 0. The van der Waals surface area contributed by atoms with Crippen LogP contribution in [0.1, 0.15) is 42.5 Å². The third-order valence-corrected chi connectivity index (χ3v) is 6.51. The first kappa shape index (κ1) is 21.3. The normalized spacial score (nSPS) is 14.6. The lowest BCUT2D eigenvalue weighted by atomic mass is 10.1. The number of aromatic nitrogens is 5. The number of hydrogen-bond donors (Lipinski definition) is 3. The molecule has 0 spiro atoms. The molecule has 3 N–H and O–H groups in total. The number of allylic oxidation sites excluding steroid dienone is 2. The molecule has 4 aromatic rings. The Bertz CT molecular complexity index is 1290. The topological polar surface area (TPSA) is 82.3 Å². The molecule has 0 saturated heterocycles. The molecule has 5 rings (SSSR count). The highest BCUT2D eigenvalue weighted by Crippen LogP contribution is 2.30. The predicted molar refractivity (Wildman–Crippen MR) is 135 cm³/mol. The Kier molecular flexibility index (Phi) is 6.17. The second-order valence-corrected chi connectivity index (χ2v) is 8.92. The molecule has 0 amide bonds. The molecule has 168 valence electrons. The van der Waals surface area contributed by atoms with E-state index in [9.17, 15) is 0 Å². The van der Waals surface area contributed by atoms with Crippen molar-refractivity contribution in [1.82, 2.24) is 30.5 Å². The summed E-state index contributed by atoms with van der Waals surface area (Å²) in [6.45, 7) is 7.75. The summed E-state index contributed by atoms with van der Waals surface area (Å²) in [4.78, 5) is 12.5. The van der Waals surface area contributed by atoms with Gasteiger partial charge in [0.2, 0.25) is 0 Å². The van der Waals surface area contributed by atoms with Gasteiger partial charge >= 0.3 is 0 Å². The molecule has 0 aromatic carbocycles. The van der Waals surface area contributed by atoms with Gasteiger partial charge in [0, 0.05) is 47.3 Å². The summed E-state index contributed by atoms with van der Waals surface area (Å²) in [5.74, 6) is 0.830. The van der Waals surface area contributed by atoms with Gasteiger partial charge in [0.25, 0.3) is 0 Å². The number of H-pyrrole nitrogens is 2. The minimum absolute atomic E-state index is 0.700. The van der Waals surface area contributed by atoms with Gasteiger partial charge < -0.3 is 10.3 Å². The molecule has 1 aliphatic carbocycles. The Morgan fingerprint density at radius 3 is 2.82 bits per heavy atom. The minimum atomic E-state index is 0.700. The van der Waals surface area contributed by atoms with Crippen LogP contribution in [-0.2, 0) is 6.54 Å². The van der Waals surface area contributed by atoms with Gasteiger partial charge in [0.1, 0.15) is 0 Å². The average molecular weight is 439 g/mol. The SMILES string of the molecule is C=C/C=C\c1cc(-c2[nH]nc3ncc(-c4cncc(CNCC5CCCC5)c4)cc23)[nH]c1C. The summed E-state index contributed by atoms with van der Waals surface area (Å²) in [6, 6.07) is 6.46. The second kappa shape index (κ2) is 9.55. The van der Waals surface area contributed by atoms with E-state index < -0.39 is 0 Å². The van der Waals surface area contributed by atoms with Crippen LogP contribution in [0.25, 0.3) is 39.6 Å². The van der Waals surface area contributed by atoms with E-state index in [0.717, 1.165) is 58.2 Å². The van der Waals surface area contributed by atoms with Crippen LogP contribution in [0.4, 0.5) is 0 Å². The molecule has 1 fully saturated rings. The van der Waals surface area contributed by atoms with Crippen molar-refractivity contribution in [2.24, 2.45) is 5.92 Å². The molecule has 0 radical (unpaired) electrons. The van der Waals surface area contributed by atoms with E-state index in [1.54, 1.807) is 6.08 Å². The highest BCUT2D eigenvalue weighted by molar-refractivity contribution is 5.93. The highest BCUT2D eigenvalue weighted by Gasteiger charge is 2.15. The first-order chi connectivity index (χ1) is 16.2. The first-order valence-corrected chi connectivity index (χ1v) is 11.7. The lowest BCUT2D eigenvalue weighted by molar-refractivity contribution is 0.489. The molecular formula is C27H30N6. The van der Waals surface area contributed by atoms with E-state index in [2.05, 4.69) is 62.2 Å². The maximum atomic E-state index is 4.60. The summed E-state index contributed by atoms with van der Waals surface area (Å²) in [5.41, 5.74) is 8.13. The third-order valence-electron chi connectivity index (χ3n) is 6.51. The second-order valence-electron chi connectivity index (χ2n) is 8.92. The van der Waals surface area contributed by atoms with E-state index in [4.69, 9.17) is 0 Å². The van der Waals surface area contributed by atoms with Crippen molar-refractivity contribution in [1.29, 1.82) is 0 Å². The van der Waals surface area contributed by atoms with E-state index in [1.165, 1.54) is 31.2 Å². The van der Waals surface area contributed by atoms with Gasteiger partial charge in [0.05, 0.1) is 11.4 Å². The fraction of sp³-hybridized carbons (Fsp3) is 0.296. The molecule has 4 heterocycles. The Balaban J connectivity index is 1.39. The zero-order chi connectivity index (χ0) is 22.6. The Morgan fingerprint density at radius 1 is 1.12 bits per heavy atom. The first-order valence-electron chi connectivity index (χ1n) is 11.7. The molecule has 1 saturated carbocycles. The van der Waals surface area contributed by atoms with Gasteiger partial charge in [-0.1, -0.05) is 37.6 Å². The number of pyridine rings is 2. The zero-order valence-corrected chi connectivity index (χ0v) is 19.1. The largest absolute Gasteiger partial charge is 0.357 e. The van der Waals surface area contributed by atoms with Crippen molar-refractivity contribution < 1.29 is 0 Å². The van der Waals surface area contributed by atoms with Gasteiger partial charge in [0.15, 0.2) is 5.65 Å². The Hall–Kier alpha value is -3.51. The number of rotatable bonds is 8. The number of hydrogen-bond acceptors (Lipinski definition) is 4. The van der Waals surface area contributed by atoms with Crippen LogP contribution in [0.5, 0.6) is 0 Å². The molecule has 6 nitrogen and oxygen atoms in total. The highest BCUT2D eigenvalue weighted by atomic mass is 15.2. The molecular weight excluding hydrogens is 408 g/mol. The van der Waals surface area contributed by atoms with Crippen molar-refractivity contribution in [2.75, 3.05) is 6.54 Å². The molecule has 33 heavy (non-hydrogen) atoms. The number of aromatic amines is 2. The predicted octanol–water partition coefficient (Wildman–Crippen LogP) is 5.80. The molecule has 1 aliphatic rings. The maximum absolute atomic E-state index is 4.60. The van der Waals surface area contributed by atoms with E-state index in [1.807, 2.05) is 30.7 Å². The molecule has 6 heteroatoms. The van der Waals surface area contributed by atoms with Crippen molar-refractivity contribution in [2.45, 2.75) is 39.2 Å². The smallest absolute Gasteiger partial charge is 0.181 e. The third kappa shape index (κ3) is 4.66. The molecule has 0 aliphatic heterocycles. The summed E-state index contributed by atoms with van der Waals surface area (Å²) < 4.78 is 0. The number of aryl methyl sites for hydroxylation is 1. The maximum Gasteiger partial charge on any atom is 0.181 e. The number of nitrogens with one attached hydrogen (secondary N) is 3. The van der Waals surface area contributed by atoms with Crippen LogP contribution < -0.4 is 5.32 Å². The van der Waals surface area contributed by atoms with Crippen molar-refractivity contribution >= 4 is 17.1 Å². The van der Waals surface area contributed by atoms with Gasteiger partial charge in [-0.15, -0.1) is 0 Å². The van der Waals surface area contributed by atoms with Gasteiger partial charge in [-0.25, -0.2) is 4.98 Å². The summed E-state index contributed by atoms with van der Waals surface area (Å²) >= 11 is 0. The summed E-state index contributed by atoms with van der Waals surface area (Å²) in [6.07, 6.45) is 17.0. The quantitative estimate of drug-likeness (QED) is 0.304. The number of nitrogens with zero attached hydrogens (tertiary/aromatic N) is 3. The van der Waals surface area contributed by atoms with Crippen molar-refractivity contribution in [3.8, 4) is 22.5 Å². The minimum Gasteiger partial charge on any atom is -0.357 e. The fourth-order valence-corrected chi connectivity index (χ4v) is 4.69. The van der Waals surface area contributed by atoms with Crippen LogP contribution in [0.3, 0.4) is 0 Å². The van der Waals surface area contributed by atoms with Crippen molar-refractivity contribution in [3.05, 3.63) is 72.3 Å². The van der Waals surface area contributed by atoms with Gasteiger partial charge in [-0.05, 0) is 61.6 Å². The molecule has 4 aromatic heterocycles. The van der Waals surface area contributed by atoms with Crippen LogP contribution in [0.15, 0.2) is 55.5 Å². The lowest BCUT2D eigenvalue weighted by Gasteiger charge is -2.11. The van der Waals surface area contributed by atoms with Crippen LogP contribution in [-0.4, -0.2) is 31.7 Å². The van der Waals surface area contributed by atoms with E-state index >= 15 is 0 Å². The van der Waals surface area contributed by atoms with E-state index in [-0.39, 0.29) is 0 Å². The van der Waals surface area contributed by atoms with Crippen LogP contribution in [0, 0.1) is 12.8 Å². The number of fused-ring (bicyclic) bond motifs is 1. The molecule has 0 unspecified atom stereocenters. The fourth-order valence-electron chi connectivity index (χ4n) is 4.69. The average Bonchev–Trinajstić information content (AvgIpc) is 3.57. The van der Waals surface area contributed by atoms with Crippen LogP contribution >= 0.6 is 0 Å². The Labute approximate surface area is 194 Å². The molecule has 0 bridgehead atoms. The Morgan fingerprint density at radius 2 is 1.97 bits per heavy atom. The standard InChI is InChI=1S/C27H30N6/c1-3-4-9-21-12-25(31-18(21)2)26-24-11-23(17-30-27(24)33-32-26)22-10-20(15-29-16-22)14-28-13-19-7-5-6-8-19/h3-4,9-12,15-17,19,28,31H,1,5-8,13-14H2,2H3,(H,30,32,33)/b9-4-. The van der Waals surface area contributed by atoms with Gasteiger partial charge in [-0.2, -0.15) is 5.10 Å². The molecule has 0 atom stereocenters. The summed E-state index contributed by atoms with van der Waals surface area (Å²) in [5, 5.41) is 12.2. The van der Waals surface area contributed by atoms with E-state index in [0.29, 0.717) is 5.65 Å². The lowest BCUT2D eigenvalue weighted by Crippen LogP contribution is -2.20.